The summed E-state index contributed by atoms with van der Waals surface area (Å²) in [5, 5.41) is 5.30. The summed E-state index contributed by atoms with van der Waals surface area (Å²) in [6.07, 6.45) is 4.62. The van der Waals surface area contributed by atoms with E-state index in [0.717, 1.165) is 5.56 Å². The molecule has 0 atom stereocenters. The van der Waals surface area contributed by atoms with Crippen LogP contribution in [0.2, 0.25) is 5.02 Å². The van der Waals surface area contributed by atoms with E-state index >= 15 is 0 Å². The summed E-state index contributed by atoms with van der Waals surface area (Å²) in [5.41, 5.74) is 0.804. The molecular weight excluding hydrogens is 280 g/mol. The van der Waals surface area contributed by atoms with Gasteiger partial charge >= 0.3 is 11.8 Å². The summed E-state index contributed by atoms with van der Waals surface area (Å²) in [5.74, 6) is -1.27. The molecule has 20 heavy (non-hydrogen) atoms. The molecule has 2 heterocycles. The van der Waals surface area contributed by atoms with Crippen molar-refractivity contribution in [2.45, 2.75) is 6.54 Å². The fourth-order valence-electron chi connectivity index (χ4n) is 1.39. The monoisotopic (exact) mass is 290 g/mol. The largest absolute Gasteiger partial charge is 0.344 e. The van der Waals surface area contributed by atoms with E-state index in [-0.39, 0.29) is 12.4 Å². The number of carbonyl (C=O) groups excluding carboxylic acids is 2. The lowest BCUT2D eigenvalue weighted by molar-refractivity contribution is -0.136. The second-order valence-corrected chi connectivity index (χ2v) is 4.30. The number of hydrogen-bond donors (Lipinski definition) is 2. The lowest BCUT2D eigenvalue weighted by atomic mass is 10.3. The maximum Gasteiger partial charge on any atom is 0.314 e. The predicted molar refractivity (Wildman–Crippen MR) is 74.0 cm³/mol. The van der Waals surface area contributed by atoms with Gasteiger partial charge in [0, 0.05) is 25.1 Å². The SMILES string of the molecule is O=C(NCc1cccnc1)C(=O)Nc1ccc(Cl)cn1. The summed E-state index contributed by atoms with van der Waals surface area (Å²) >= 11 is 5.67. The Kier molecular flexibility index (Phi) is 4.62. The fraction of sp³-hybridized carbons (Fsp3) is 0.0769. The zero-order valence-corrected chi connectivity index (χ0v) is 11.1. The topological polar surface area (TPSA) is 84.0 Å². The van der Waals surface area contributed by atoms with Crippen LogP contribution in [0.4, 0.5) is 5.82 Å². The molecule has 0 radical (unpaired) electrons. The van der Waals surface area contributed by atoms with Crippen molar-refractivity contribution >= 4 is 29.2 Å². The summed E-state index contributed by atoms with van der Waals surface area (Å²) in [7, 11) is 0. The van der Waals surface area contributed by atoms with Crippen molar-refractivity contribution in [3.8, 4) is 0 Å². The molecule has 2 N–H and O–H groups in total. The van der Waals surface area contributed by atoms with Gasteiger partial charge in [-0.1, -0.05) is 17.7 Å². The molecule has 0 aliphatic rings. The Hall–Kier alpha value is -2.47. The Morgan fingerprint density at radius 1 is 1.15 bits per heavy atom. The first-order chi connectivity index (χ1) is 9.65. The first-order valence-electron chi connectivity index (χ1n) is 5.75. The molecule has 2 aromatic rings. The molecule has 0 unspecified atom stereocenters. The van der Waals surface area contributed by atoms with Crippen LogP contribution < -0.4 is 10.6 Å². The highest BCUT2D eigenvalue weighted by Crippen LogP contribution is 2.09. The number of nitrogens with zero attached hydrogens (tertiary/aromatic N) is 2. The van der Waals surface area contributed by atoms with Crippen molar-refractivity contribution in [2.24, 2.45) is 0 Å². The first-order valence-corrected chi connectivity index (χ1v) is 6.12. The smallest absolute Gasteiger partial charge is 0.314 e. The Balaban J connectivity index is 1.86. The molecule has 6 nitrogen and oxygen atoms in total. The zero-order chi connectivity index (χ0) is 14.4. The number of aromatic nitrogens is 2. The van der Waals surface area contributed by atoms with Crippen LogP contribution in [0.3, 0.4) is 0 Å². The number of rotatable bonds is 3. The summed E-state index contributed by atoms with van der Waals surface area (Å²) in [6.45, 7) is 0.230. The molecular formula is C13H11ClN4O2. The molecule has 7 heteroatoms. The van der Waals surface area contributed by atoms with Gasteiger partial charge in [0.1, 0.15) is 5.82 Å². The number of amides is 2. The Morgan fingerprint density at radius 3 is 2.65 bits per heavy atom. The molecule has 0 aliphatic carbocycles. The maximum atomic E-state index is 11.6. The number of nitrogens with one attached hydrogen (secondary N) is 2. The van der Waals surface area contributed by atoms with E-state index in [1.807, 2.05) is 0 Å². The lowest BCUT2D eigenvalue weighted by Gasteiger charge is -2.05. The van der Waals surface area contributed by atoms with Crippen LogP contribution >= 0.6 is 11.6 Å². The summed E-state index contributed by atoms with van der Waals surface area (Å²) < 4.78 is 0. The minimum absolute atomic E-state index is 0.230. The third-order valence-electron chi connectivity index (χ3n) is 2.35. The van der Waals surface area contributed by atoms with E-state index in [1.54, 1.807) is 30.6 Å². The van der Waals surface area contributed by atoms with Gasteiger partial charge in [0.05, 0.1) is 5.02 Å². The minimum atomic E-state index is -0.788. The highest BCUT2D eigenvalue weighted by molar-refractivity contribution is 6.39. The third-order valence-corrected chi connectivity index (χ3v) is 2.57. The Bertz CT molecular complexity index is 602. The normalized spacial score (nSPS) is 9.85. The van der Waals surface area contributed by atoms with Crippen LogP contribution in [-0.2, 0) is 16.1 Å². The van der Waals surface area contributed by atoms with Gasteiger partial charge in [0.25, 0.3) is 0 Å². The van der Waals surface area contributed by atoms with Gasteiger partial charge in [-0.05, 0) is 23.8 Å². The van der Waals surface area contributed by atoms with Crippen LogP contribution in [0.5, 0.6) is 0 Å². The molecule has 0 aromatic carbocycles. The van der Waals surface area contributed by atoms with Gasteiger partial charge < -0.3 is 10.6 Å². The van der Waals surface area contributed by atoms with Crippen molar-refractivity contribution in [1.82, 2.24) is 15.3 Å². The minimum Gasteiger partial charge on any atom is -0.344 e. The molecule has 102 valence electrons. The summed E-state index contributed by atoms with van der Waals surface area (Å²) in [6, 6.07) is 6.62. The number of hydrogen-bond acceptors (Lipinski definition) is 4. The zero-order valence-electron chi connectivity index (χ0n) is 10.3. The van der Waals surface area contributed by atoms with E-state index in [2.05, 4.69) is 20.6 Å². The van der Waals surface area contributed by atoms with Crippen molar-refractivity contribution in [2.75, 3.05) is 5.32 Å². The predicted octanol–water partition coefficient (Wildman–Crippen LogP) is 1.38. The van der Waals surface area contributed by atoms with Crippen LogP contribution in [0.15, 0.2) is 42.9 Å². The average Bonchev–Trinajstić information content (AvgIpc) is 2.48. The highest BCUT2D eigenvalue weighted by Gasteiger charge is 2.13. The Labute approximate surface area is 120 Å². The van der Waals surface area contributed by atoms with Crippen LogP contribution in [0, 0.1) is 0 Å². The average molecular weight is 291 g/mol. The fourth-order valence-corrected chi connectivity index (χ4v) is 1.50. The Morgan fingerprint density at radius 2 is 2.00 bits per heavy atom. The number of carbonyl (C=O) groups is 2. The summed E-state index contributed by atoms with van der Waals surface area (Å²) in [4.78, 5) is 31.0. The van der Waals surface area contributed by atoms with Gasteiger partial charge in [0.15, 0.2) is 0 Å². The van der Waals surface area contributed by atoms with Gasteiger partial charge in [0.2, 0.25) is 0 Å². The molecule has 2 rings (SSSR count). The van der Waals surface area contributed by atoms with E-state index < -0.39 is 11.8 Å². The van der Waals surface area contributed by atoms with Gasteiger partial charge in [-0.25, -0.2) is 4.98 Å². The van der Waals surface area contributed by atoms with Crippen molar-refractivity contribution < 1.29 is 9.59 Å². The van der Waals surface area contributed by atoms with E-state index in [4.69, 9.17) is 11.6 Å². The second kappa shape index (κ2) is 6.63. The number of anilines is 1. The van der Waals surface area contributed by atoms with Crippen molar-refractivity contribution in [3.05, 3.63) is 53.4 Å². The molecule has 0 fully saturated rings. The first kappa shape index (κ1) is 14.0. The highest BCUT2D eigenvalue weighted by atomic mass is 35.5. The molecule has 0 saturated carbocycles. The van der Waals surface area contributed by atoms with E-state index in [1.165, 1.54) is 12.3 Å². The third kappa shape index (κ3) is 4.03. The molecule has 2 aromatic heterocycles. The second-order valence-electron chi connectivity index (χ2n) is 3.86. The van der Waals surface area contributed by atoms with Gasteiger partial charge in [-0.3, -0.25) is 14.6 Å². The molecule has 0 spiro atoms. The van der Waals surface area contributed by atoms with Crippen LogP contribution in [0.1, 0.15) is 5.56 Å². The number of halogens is 1. The van der Waals surface area contributed by atoms with E-state index in [9.17, 15) is 9.59 Å². The molecule has 0 bridgehead atoms. The molecule has 2 amide bonds. The van der Waals surface area contributed by atoms with Gasteiger partial charge in [-0.2, -0.15) is 0 Å². The van der Waals surface area contributed by atoms with Crippen molar-refractivity contribution in [3.63, 3.8) is 0 Å². The lowest BCUT2D eigenvalue weighted by Crippen LogP contribution is -2.35. The molecule has 0 aliphatic heterocycles. The van der Waals surface area contributed by atoms with E-state index in [0.29, 0.717) is 5.02 Å². The van der Waals surface area contributed by atoms with Gasteiger partial charge in [-0.15, -0.1) is 0 Å². The van der Waals surface area contributed by atoms with Crippen molar-refractivity contribution in [1.29, 1.82) is 0 Å². The quantitative estimate of drug-likeness (QED) is 0.837. The standard InChI is InChI=1S/C13H11ClN4O2/c14-10-3-4-11(16-8-10)18-13(20)12(19)17-7-9-2-1-5-15-6-9/h1-6,8H,7H2,(H,17,19)(H,16,18,20). The maximum absolute atomic E-state index is 11.6. The van der Waals surface area contributed by atoms with Crippen LogP contribution in [-0.4, -0.2) is 21.8 Å². The number of pyridine rings is 2. The van der Waals surface area contributed by atoms with Crippen LogP contribution in [0.25, 0.3) is 0 Å². The molecule has 0 saturated heterocycles.